The maximum atomic E-state index is 9.07. The predicted octanol–water partition coefficient (Wildman–Crippen LogP) is 1.51. The zero-order valence-corrected chi connectivity index (χ0v) is 10.8. The lowest BCUT2D eigenvalue weighted by molar-refractivity contribution is 0.281. The fraction of sp³-hybridized carbons (Fsp3) is 0.357. The summed E-state index contributed by atoms with van der Waals surface area (Å²) in [4.78, 5) is 0. The normalized spacial score (nSPS) is 10.8. The van der Waals surface area contributed by atoms with Crippen LogP contribution in [0.15, 0.2) is 30.5 Å². The van der Waals surface area contributed by atoms with Crippen LogP contribution in [0.2, 0.25) is 0 Å². The third-order valence-corrected chi connectivity index (χ3v) is 2.93. The molecule has 2 N–H and O–H groups in total. The highest BCUT2D eigenvalue weighted by Gasteiger charge is 2.02. The van der Waals surface area contributed by atoms with Crippen LogP contribution in [0.3, 0.4) is 0 Å². The maximum Gasteiger partial charge on any atom is 0.0681 e. The van der Waals surface area contributed by atoms with E-state index < -0.39 is 0 Å². The van der Waals surface area contributed by atoms with E-state index in [0.29, 0.717) is 0 Å². The van der Waals surface area contributed by atoms with Crippen molar-refractivity contribution >= 4 is 0 Å². The van der Waals surface area contributed by atoms with Gasteiger partial charge in [0, 0.05) is 31.9 Å². The lowest BCUT2D eigenvalue weighted by Crippen LogP contribution is -2.13. The van der Waals surface area contributed by atoms with Crippen LogP contribution in [0.25, 0.3) is 0 Å². The molecule has 0 aliphatic carbocycles. The van der Waals surface area contributed by atoms with E-state index in [1.165, 1.54) is 11.1 Å². The summed E-state index contributed by atoms with van der Waals surface area (Å²) in [5.74, 6) is 0. The fourth-order valence-corrected chi connectivity index (χ4v) is 2.00. The molecule has 0 saturated heterocycles. The van der Waals surface area contributed by atoms with Gasteiger partial charge in [-0.25, -0.2) is 0 Å². The average molecular weight is 245 g/mol. The Bertz CT molecular complexity index is 520. The van der Waals surface area contributed by atoms with E-state index in [0.717, 1.165) is 24.3 Å². The lowest BCUT2D eigenvalue weighted by Gasteiger charge is -2.05. The molecule has 1 heterocycles. The second kappa shape index (κ2) is 5.80. The molecule has 1 aromatic heterocycles. The van der Waals surface area contributed by atoms with Gasteiger partial charge in [0.2, 0.25) is 0 Å². The Morgan fingerprint density at radius 3 is 2.72 bits per heavy atom. The van der Waals surface area contributed by atoms with Gasteiger partial charge in [0.25, 0.3) is 0 Å². The smallest absolute Gasteiger partial charge is 0.0681 e. The van der Waals surface area contributed by atoms with Crippen molar-refractivity contribution in [3.63, 3.8) is 0 Å². The zero-order valence-electron chi connectivity index (χ0n) is 10.8. The summed E-state index contributed by atoms with van der Waals surface area (Å²) in [5, 5.41) is 16.8. The van der Waals surface area contributed by atoms with Crippen LogP contribution in [-0.2, 0) is 26.7 Å². The minimum Gasteiger partial charge on any atom is -0.392 e. The van der Waals surface area contributed by atoms with Crippen LogP contribution in [0.1, 0.15) is 22.4 Å². The number of aryl methyl sites for hydroxylation is 2. The molecule has 0 aliphatic heterocycles. The predicted molar refractivity (Wildman–Crippen MR) is 70.9 cm³/mol. The first kappa shape index (κ1) is 12.8. The Morgan fingerprint density at radius 2 is 2.06 bits per heavy atom. The third-order valence-electron chi connectivity index (χ3n) is 2.93. The van der Waals surface area contributed by atoms with Gasteiger partial charge in [-0.15, -0.1) is 0 Å². The fourth-order valence-electron chi connectivity index (χ4n) is 2.00. The number of hydrogen-bond donors (Lipinski definition) is 2. The van der Waals surface area contributed by atoms with Crippen LogP contribution in [0.5, 0.6) is 0 Å². The molecule has 0 amide bonds. The third kappa shape index (κ3) is 3.18. The summed E-state index contributed by atoms with van der Waals surface area (Å²) >= 11 is 0. The highest BCUT2D eigenvalue weighted by Crippen LogP contribution is 2.07. The molecule has 0 unspecified atom stereocenters. The number of aliphatic hydroxyl groups excluding tert-OH is 1. The van der Waals surface area contributed by atoms with E-state index in [-0.39, 0.29) is 6.61 Å². The summed E-state index contributed by atoms with van der Waals surface area (Å²) in [6.07, 6.45) is 2.03. The Morgan fingerprint density at radius 1 is 1.28 bits per heavy atom. The van der Waals surface area contributed by atoms with E-state index in [1.54, 1.807) is 0 Å². The number of benzene rings is 1. The molecule has 4 nitrogen and oxygen atoms in total. The van der Waals surface area contributed by atoms with Gasteiger partial charge >= 0.3 is 0 Å². The molecule has 0 spiro atoms. The van der Waals surface area contributed by atoms with Crippen molar-refractivity contribution in [1.82, 2.24) is 15.1 Å². The van der Waals surface area contributed by atoms with Gasteiger partial charge in [-0.1, -0.05) is 24.3 Å². The molecule has 0 fully saturated rings. The molecular weight excluding hydrogens is 226 g/mol. The number of hydrogen-bond acceptors (Lipinski definition) is 3. The zero-order chi connectivity index (χ0) is 13.0. The molecule has 4 heteroatoms. The molecule has 0 bridgehead atoms. The SMILES string of the molecule is Cc1nn(C)cc1CNCc1cccc(CO)c1. The largest absolute Gasteiger partial charge is 0.392 e. The summed E-state index contributed by atoms with van der Waals surface area (Å²) in [7, 11) is 1.93. The highest BCUT2D eigenvalue weighted by molar-refractivity contribution is 5.23. The molecule has 0 aliphatic rings. The maximum absolute atomic E-state index is 9.07. The van der Waals surface area contributed by atoms with E-state index in [4.69, 9.17) is 5.11 Å². The summed E-state index contributed by atoms with van der Waals surface area (Å²) in [6, 6.07) is 7.97. The van der Waals surface area contributed by atoms with E-state index in [1.807, 2.05) is 43.0 Å². The molecule has 2 aromatic rings. The Labute approximate surface area is 107 Å². The van der Waals surface area contributed by atoms with Crippen molar-refractivity contribution in [2.45, 2.75) is 26.6 Å². The number of aliphatic hydroxyl groups is 1. The van der Waals surface area contributed by atoms with Crippen molar-refractivity contribution in [3.05, 3.63) is 52.8 Å². The van der Waals surface area contributed by atoms with Crippen LogP contribution in [-0.4, -0.2) is 14.9 Å². The van der Waals surface area contributed by atoms with Gasteiger partial charge in [-0.05, 0) is 18.1 Å². The summed E-state index contributed by atoms with van der Waals surface area (Å²) in [6.45, 7) is 3.71. The van der Waals surface area contributed by atoms with Crippen LogP contribution >= 0.6 is 0 Å². The lowest BCUT2D eigenvalue weighted by atomic mass is 10.1. The molecule has 0 atom stereocenters. The second-order valence-corrected chi connectivity index (χ2v) is 4.50. The number of nitrogens with zero attached hydrogens (tertiary/aromatic N) is 2. The minimum absolute atomic E-state index is 0.0928. The molecular formula is C14H19N3O. The average Bonchev–Trinajstić information content (AvgIpc) is 2.68. The van der Waals surface area contributed by atoms with E-state index >= 15 is 0 Å². The topological polar surface area (TPSA) is 50.1 Å². The first-order valence-electron chi connectivity index (χ1n) is 6.07. The number of rotatable bonds is 5. The molecule has 2 rings (SSSR count). The molecule has 0 radical (unpaired) electrons. The highest BCUT2D eigenvalue weighted by atomic mass is 16.3. The summed E-state index contributed by atoms with van der Waals surface area (Å²) < 4.78 is 1.83. The van der Waals surface area contributed by atoms with Crippen molar-refractivity contribution in [2.75, 3.05) is 0 Å². The second-order valence-electron chi connectivity index (χ2n) is 4.50. The van der Waals surface area contributed by atoms with Gasteiger partial charge in [-0.3, -0.25) is 4.68 Å². The van der Waals surface area contributed by atoms with Gasteiger partial charge < -0.3 is 10.4 Å². The van der Waals surface area contributed by atoms with Crippen LogP contribution < -0.4 is 5.32 Å². The number of aromatic nitrogens is 2. The van der Waals surface area contributed by atoms with Crippen molar-refractivity contribution in [1.29, 1.82) is 0 Å². The first-order valence-corrected chi connectivity index (χ1v) is 6.07. The number of nitrogens with one attached hydrogen (secondary N) is 1. The molecule has 0 saturated carbocycles. The summed E-state index contributed by atoms with van der Waals surface area (Å²) in [5.41, 5.74) is 4.42. The molecule has 18 heavy (non-hydrogen) atoms. The van der Waals surface area contributed by atoms with Crippen molar-refractivity contribution < 1.29 is 5.11 Å². The van der Waals surface area contributed by atoms with Gasteiger partial charge in [0.05, 0.1) is 12.3 Å². The van der Waals surface area contributed by atoms with Crippen molar-refractivity contribution in [3.8, 4) is 0 Å². The Hall–Kier alpha value is -1.65. The van der Waals surface area contributed by atoms with Gasteiger partial charge in [-0.2, -0.15) is 5.10 Å². The molecule has 1 aromatic carbocycles. The monoisotopic (exact) mass is 245 g/mol. The molecule has 96 valence electrons. The quantitative estimate of drug-likeness (QED) is 0.839. The first-order chi connectivity index (χ1) is 8.69. The standard InChI is InChI=1S/C14H19N3O/c1-11-14(9-17(2)16-11)8-15-7-12-4-3-5-13(6-12)10-18/h3-6,9,15,18H,7-8,10H2,1-2H3. The van der Waals surface area contributed by atoms with Gasteiger partial charge in [0.1, 0.15) is 0 Å². The van der Waals surface area contributed by atoms with E-state index in [9.17, 15) is 0 Å². The Kier molecular flexibility index (Phi) is 4.12. The van der Waals surface area contributed by atoms with Crippen molar-refractivity contribution in [2.24, 2.45) is 7.05 Å². The minimum atomic E-state index is 0.0928. The van der Waals surface area contributed by atoms with Crippen LogP contribution in [0.4, 0.5) is 0 Å². The van der Waals surface area contributed by atoms with E-state index in [2.05, 4.69) is 16.5 Å². The Balaban J connectivity index is 1.90. The van der Waals surface area contributed by atoms with Gasteiger partial charge in [0.15, 0.2) is 0 Å². The van der Waals surface area contributed by atoms with Crippen LogP contribution in [0, 0.1) is 6.92 Å².